The molecule has 0 bridgehead atoms. The summed E-state index contributed by atoms with van der Waals surface area (Å²) in [6.07, 6.45) is 6.54. The summed E-state index contributed by atoms with van der Waals surface area (Å²) in [4.78, 5) is 21.3. The monoisotopic (exact) mass is 422 g/mol. The standard InChI is InChI=1S/C23H23ClN4O2/c1-30-19-7-4-16(5-8-19)13-26-18-6-9-21(27-15-18)23(11-10-20(23)24)28-22(29)17-3-2-12-25-14-17/h2-9,12,14-15,20,26H,10-11,13H2,1H3,(H,28,29). The summed E-state index contributed by atoms with van der Waals surface area (Å²) >= 11 is 6.55. The summed E-state index contributed by atoms with van der Waals surface area (Å²) in [7, 11) is 1.65. The fraction of sp³-hybridized carbons (Fsp3) is 0.261. The fourth-order valence-corrected chi connectivity index (χ4v) is 3.90. The molecule has 0 radical (unpaired) electrons. The molecule has 154 valence electrons. The van der Waals surface area contributed by atoms with Crippen molar-refractivity contribution >= 4 is 23.2 Å². The highest BCUT2D eigenvalue weighted by Crippen LogP contribution is 2.44. The van der Waals surface area contributed by atoms with E-state index in [9.17, 15) is 4.79 Å². The number of ether oxygens (including phenoxy) is 1. The molecule has 7 heteroatoms. The Hall–Kier alpha value is -3.12. The number of alkyl halides is 1. The first-order chi connectivity index (χ1) is 14.6. The van der Waals surface area contributed by atoms with Crippen LogP contribution in [-0.2, 0) is 12.1 Å². The Kier molecular flexibility index (Phi) is 5.86. The Labute approximate surface area is 180 Å². The topological polar surface area (TPSA) is 76.1 Å². The smallest absolute Gasteiger partial charge is 0.253 e. The van der Waals surface area contributed by atoms with E-state index in [1.807, 2.05) is 36.4 Å². The molecule has 2 N–H and O–H groups in total. The first-order valence-electron chi connectivity index (χ1n) is 9.81. The molecule has 2 atom stereocenters. The average Bonchev–Trinajstić information content (AvgIpc) is 2.81. The van der Waals surface area contributed by atoms with E-state index < -0.39 is 5.54 Å². The molecule has 1 aliphatic rings. The van der Waals surface area contributed by atoms with Crippen LogP contribution in [0.5, 0.6) is 5.75 Å². The van der Waals surface area contributed by atoms with Crippen LogP contribution in [0.3, 0.4) is 0 Å². The number of carbonyl (C=O) groups is 1. The lowest BCUT2D eigenvalue weighted by Gasteiger charge is -2.46. The number of methoxy groups -OCH3 is 1. The van der Waals surface area contributed by atoms with E-state index in [1.165, 1.54) is 0 Å². The number of hydrogen-bond acceptors (Lipinski definition) is 5. The fourth-order valence-electron chi connectivity index (χ4n) is 3.52. The molecule has 0 spiro atoms. The minimum atomic E-state index is -0.664. The maximum absolute atomic E-state index is 12.7. The van der Waals surface area contributed by atoms with Crippen LogP contribution in [0.2, 0.25) is 0 Å². The molecule has 1 aromatic carbocycles. The molecule has 1 fully saturated rings. The van der Waals surface area contributed by atoms with Gasteiger partial charge in [0.15, 0.2) is 0 Å². The van der Waals surface area contributed by atoms with Crippen molar-refractivity contribution in [2.75, 3.05) is 12.4 Å². The average molecular weight is 423 g/mol. The van der Waals surface area contributed by atoms with Gasteiger partial charge >= 0.3 is 0 Å². The maximum atomic E-state index is 12.7. The zero-order valence-electron chi connectivity index (χ0n) is 16.6. The normalized spacial score (nSPS) is 20.1. The second kappa shape index (κ2) is 8.71. The Morgan fingerprint density at radius 2 is 2.03 bits per heavy atom. The van der Waals surface area contributed by atoms with Crippen molar-refractivity contribution in [1.29, 1.82) is 0 Å². The Morgan fingerprint density at radius 3 is 2.60 bits per heavy atom. The molecule has 3 aromatic rings. The van der Waals surface area contributed by atoms with Crippen LogP contribution < -0.4 is 15.4 Å². The number of aromatic nitrogens is 2. The predicted molar refractivity (Wildman–Crippen MR) is 117 cm³/mol. The van der Waals surface area contributed by atoms with Gasteiger partial charge in [-0.05, 0) is 54.8 Å². The second-order valence-electron chi connectivity index (χ2n) is 7.31. The lowest BCUT2D eigenvalue weighted by molar-refractivity contribution is 0.0824. The number of nitrogens with one attached hydrogen (secondary N) is 2. The third-order valence-electron chi connectivity index (χ3n) is 5.46. The van der Waals surface area contributed by atoms with Crippen molar-refractivity contribution in [1.82, 2.24) is 15.3 Å². The van der Waals surface area contributed by atoms with Crippen molar-refractivity contribution in [2.24, 2.45) is 0 Å². The summed E-state index contributed by atoms with van der Waals surface area (Å²) in [5, 5.41) is 6.25. The van der Waals surface area contributed by atoms with E-state index in [0.29, 0.717) is 12.1 Å². The highest BCUT2D eigenvalue weighted by Gasteiger charge is 2.49. The number of benzene rings is 1. The van der Waals surface area contributed by atoms with E-state index >= 15 is 0 Å². The molecule has 1 aliphatic carbocycles. The van der Waals surface area contributed by atoms with Crippen LogP contribution in [0.1, 0.15) is 34.5 Å². The van der Waals surface area contributed by atoms with Crippen LogP contribution in [0.25, 0.3) is 0 Å². The predicted octanol–water partition coefficient (Wildman–Crippen LogP) is 4.12. The van der Waals surface area contributed by atoms with Crippen LogP contribution in [0.15, 0.2) is 67.1 Å². The molecule has 0 aliphatic heterocycles. The number of rotatable bonds is 7. The molecular weight excluding hydrogens is 400 g/mol. The van der Waals surface area contributed by atoms with Gasteiger partial charge in [0.25, 0.3) is 5.91 Å². The van der Waals surface area contributed by atoms with Crippen molar-refractivity contribution in [3.8, 4) is 5.75 Å². The summed E-state index contributed by atoms with van der Waals surface area (Å²) in [6.45, 7) is 0.673. The van der Waals surface area contributed by atoms with Crippen LogP contribution in [0.4, 0.5) is 5.69 Å². The number of amides is 1. The quantitative estimate of drug-likeness (QED) is 0.560. The van der Waals surface area contributed by atoms with Crippen LogP contribution >= 0.6 is 11.6 Å². The van der Waals surface area contributed by atoms with Gasteiger partial charge in [0.05, 0.1) is 41.2 Å². The molecule has 1 amide bonds. The number of anilines is 1. The Morgan fingerprint density at radius 1 is 1.20 bits per heavy atom. The number of halogens is 1. The number of carbonyl (C=O) groups excluding carboxylic acids is 1. The van der Waals surface area contributed by atoms with Crippen molar-refractivity contribution in [2.45, 2.75) is 30.3 Å². The summed E-state index contributed by atoms with van der Waals surface area (Å²) in [5.41, 5.74) is 2.64. The molecular formula is C23H23ClN4O2. The van der Waals surface area contributed by atoms with Gasteiger partial charge in [0.2, 0.25) is 0 Å². The molecule has 4 rings (SSSR count). The van der Waals surface area contributed by atoms with Gasteiger partial charge in [-0.1, -0.05) is 12.1 Å². The van der Waals surface area contributed by atoms with Crippen LogP contribution in [-0.4, -0.2) is 28.4 Å². The van der Waals surface area contributed by atoms with Gasteiger partial charge < -0.3 is 15.4 Å². The van der Waals surface area contributed by atoms with E-state index in [2.05, 4.69) is 20.6 Å². The van der Waals surface area contributed by atoms with Gasteiger partial charge in [-0.15, -0.1) is 11.6 Å². The summed E-state index contributed by atoms with van der Waals surface area (Å²) in [6, 6.07) is 15.3. The van der Waals surface area contributed by atoms with Gasteiger partial charge in [0, 0.05) is 18.9 Å². The van der Waals surface area contributed by atoms with Crippen molar-refractivity contribution in [3.05, 3.63) is 83.9 Å². The molecule has 1 saturated carbocycles. The van der Waals surface area contributed by atoms with Gasteiger partial charge in [0.1, 0.15) is 5.75 Å². The molecule has 30 heavy (non-hydrogen) atoms. The highest BCUT2D eigenvalue weighted by molar-refractivity contribution is 6.22. The zero-order valence-corrected chi connectivity index (χ0v) is 17.4. The second-order valence-corrected chi connectivity index (χ2v) is 7.83. The largest absolute Gasteiger partial charge is 0.497 e. The molecule has 2 heterocycles. The Bertz CT molecular complexity index is 996. The zero-order chi connectivity index (χ0) is 21.0. The highest BCUT2D eigenvalue weighted by atomic mass is 35.5. The lowest BCUT2D eigenvalue weighted by Crippen LogP contribution is -2.58. The van der Waals surface area contributed by atoms with Gasteiger partial charge in [-0.3, -0.25) is 14.8 Å². The number of hydrogen-bond donors (Lipinski definition) is 2. The lowest BCUT2D eigenvalue weighted by atomic mass is 9.73. The summed E-state index contributed by atoms with van der Waals surface area (Å²) in [5.74, 6) is 0.636. The van der Waals surface area contributed by atoms with Crippen LogP contribution in [0, 0.1) is 0 Å². The first kappa shape index (κ1) is 20.2. The molecule has 2 aromatic heterocycles. The maximum Gasteiger partial charge on any atom is 0.253 e. The number of nitrogens with zero attached hydrogens (tertiary/aromatic N) is 2. The third kappa shape index (κ3) is 4.09. The molecule has 6 nitrogen and oxygen atoms in total. The van der Waals surface area contributed by atoms with Crippen molar-refractivity contribution in [3.63, 3.8) is 0 Å². The van der Waals surface area contributed by atoms with Gasteiger partial charge in [-0.25, -0.2) is 0 Å². The third-order valence-corrected chi connectivity index (χ3v) is 6.05. The summed E-state index contributed by atoms with van der Waals surface area (Å²) < 4.78 is 5.18. The van der Waals surface area contributed by atoms with E-state index in [0.717, 1.165) is 35.5 Å². The molecule has 2 unspecified atom stereocenters. The van der Waals surface area contributed by atoms with Gasteiger partial charge in [-0.2, -0.15) is 0 Å². The minimum absolute atomic E-state index is 0.197. The van der Waals surface area contributed by atoms with E-state index in [1.54, 1.807) is 37.8 Å². The minimum Gasteiger partial charge on any atom is -0.497 e. The van der Waals surface area contributed by atoms with Crippen molar-refractivity contribution < 1.29 is 9.53 Å². The number of pyridine rings is 2. The van der Waals surface area contributed by atoms with E-state index in [4.69, 9.17) is 16.3 Å². The first-order valence-corrected chi connectivity index (χ1v) is 10.2. The molecule has 0 saturated heterocycles. The van der Waals surface area contributed by atoms with E-state index in [-0.39, 0.29) is 11.3 Å². The SMILES string of the molecule is COc1ccc(CNc2ccc(C3(NC(=O)c4cccnc4)CCC3Cl)nc2)cc1. The Balaban J connectivity index is 1.44.